The van der Waals surface area contributed by atoms with Crippen LogP contribution in [0.15, 0.2) is 12.1 Å². The molecule has 0 aliphatic carbocycles. The van der Waals surface area contributed by atoms with Crippen LogP contribution in [0, 0.1) is 17.5 Å². The van der Waals surface area contributed by atoms with E-state index in [2.05, 4.69) is 10.6 Å². The van der Waals surface area contributed by atoms with Crippen molar-refractivity contribution in [2.45, 2.75) is 19.8 Å². The van der Waals surface area contributed by atoms with E-state index in [0.717, 1.165) is 12.8 Å². The van der Waals surface area contributed by atoms with E-state index >= 15 is 0 Å². The van der Waals surface area contributed by atoms with Gasteiger partial charge in [0.05, 0.1) is 5.69 Å². The molecule has 0 unspecified atom stereocenters. The summed E-state index contributed by atoms with van der Waals surface area (Å²) in [6, 6.07) is 0.337. The first-order valence-corrected chi connectivity index (χ1v) is 5.24. The minimum absolute atomic E-state index is 0.386. The summed E-state index contributed by atoms with van der Waals surface area (Å²) in [6.07, 6.45) is 1.69. The highest BCUT2D eigenvalue weighted by Crippen LogP contribution is 2.18. The number of amides is 2. The SMILES string of the molecule is CCCCNC(=O)Nc1cc(F)c(F)cc1F. The molecule has 2 N–H and O–H groups in total. The van der Waals surface area contributed by atoms with Crippen molar-refractivity contribution >= 4 is 11.7 Å². The zero-order valence-corrected chi connectivity index (χ0v) is 9.32. The van der Waals surface area contributed by atoms with E-state index in [0.29, 0.717) is 18.7 Å². The summed E-state index contributed by atoms with van der Waals surface area (Å²) in [5.41, 5.74) is -0.391. The third kappa shape index (κ3) is 3.97. The van der Waals surface area contributed by atoms with Gasteiger partial charge in [-0.3, -0.25) is 0 Å². The molecule has 0 radical (unpaired) electrons. The maximum atomic E-state index is 13.1. The van der Waals surface area contributed by atoms with Crippen LogP contribution in [0.5, 0.6) is 0 Å². The van der Waals surface area contributed by atoms with Crippen LogP contribution in [0.1, 0.15) is 19.8 Å². The molecule has 3 nitrogen and oxygen atoms in total. The Labute approximate surface area is 97.0 Å². The third-order valence-electron chi connectivity index (χ3n) is 2.07. The third-order valence-corrected chi connectivity index (χ3v) is 2.07. The van der Waals surface area contributed by atoms with E-state index < -0.39 is 29.2 Å². The Balaban J connectivity index is 2.62. The molecule has 0 aliphatic rings. The van der Waals surface area contributed by atoms with E-state index in [-0.39, 0.29) is 0 Å². The van der Waals surface area contributed by atoms with Crippen molar-refractivity contribution < 1.29 is 18.0 Å². The first-order chi connectivity index (χ1) is 8.04. The van der Waals surface area contributed by atoms with Crippen LogP contribution in [0.4, 0.5) is 23.7 Å². The van der Waals surface area contributed by atoms with Crippen molar-refractivity contribution in [2.75, 3.05) is 11.9 Å². The highest BCUT2D eigenvalue weighted by molar-refractivity contribution is 5.89. The zero-order valence-electron chi connectivity index (χ0n) is 9.32. The fourth-order valence-corrected chi connectivity index (χ4v) is 1.16. The molecule has 0 saturated carbocycles. The van der Waals surface area contributed by atoms with E-state index in [1.165, 1.54) is 0 Å². The van der Waals surface area contributed by atoms with Gasteiger partial charge in [0.1, 0.15) is 5.82 Å². The molecule has 0 spiro atoms. The second-order valence-electron chi connectivity index (χ2n) is 3.48. The molecule has 0 saturated heterocycles. The Kier molecular flexibility index (Phi) is 4.81. The van der Waals surface area contributed by atoms with Crippen molar-refractivity contribution in [3.8, 4) is 0 Å². The minimum atomic E-state index is -1.29. The lowest BCUT2D eigenvalue weighted by molar-refractivity contribution is 0.252. The molecule has 1 aromatic carbocycles. The summed E-state index contributed by atoms with van der Waals surface area (Å²) >= 11 is 0. The van der Waals surface area contributed by atoms with Gasteiger partial charge in [0.15, 0.2) is 11.6 Å². The van der Waals surface area contributed by atoms with Gasteiger partial charge in [-0.05, 0) is 6.42 Å². The number of anilines is 1. The summed E-state index contributed by atoms with van der Waals surface area (Å²) in [6.45, 7) is 2.39. The van der Waals surface area contributed by atoms with Crippen LogP contribution in [0.25, 0.3) is 0 Å². The van der Waals surface area contributed by atoms with Crippen molar-refractivity contribution in [1.82, 2.24) is 5.32 Å². The standard InChI is InChI=1S/C11H13F3N2O/c1-2-3-4-15-11(17)16-10-6-8(13)7(12)5-9(10)14/h5-6H,2-4H2,1H3,(H2,15,16,17). The number of nitrogens with one attached hydrogen (secondary N) is 2. The molecule has 6 heteroatoms. The largest absolute Gasteiger partial charge is 0.338 e. The molecule has 0 aliphatic heterocycles. The average molecular weight is 246 g/mol. The predicted molar refractivity (Wildman–Crippen MR) is 58.2 cm³/mol. The minimum Gasteiger partial charge on any atom is -0.338 e. The molecule has 0 atom stereocenters. The summed E-state index contributed by atoms with van der Waals surface area (Å²) in [4.78, 5) is 11.2. The monoisotopic (exact) mass is 246 g/mol. The number of rotatable bonds is 4. The van der Waals surface area contributed by atoms with E-state index in [4.69, 9.17) is 0 Å². The number of benzene rings is 1. The van der Waals surface area contributed by atoms with Crippen LogP contribution < -0.4 is 10.6 Å². The molecule has 0 fully saturated rings. The fraction of sp³-hybridized carbons (Fsp3) is 0.364. The smallest absolute Gasteiger partial charge is 0.319 e. The van der Waals surface area contributed by atoms with Crippen molar-refractivity contribution in [2.24, 2.45) is 0 Å². The summed E-state index contributed by atoms with van der Waals surface area (Å²) in [5.74, 6) is -3.52. The first kappa shape index (κ1) is 13.3. The lowest BCUT2D eigenvalue weighted by atomic mass is 10.3. The van der Waals surface area contributed by atoms with Gasteiger partial charge in [0.25, 0.3) is 0 Å². The van der Waals surface area contributed by atoms with Gasteiger partial charge in [-0.25, -0.2) is 18.0 Å². The van der Waals surface area contributed by atoms with Gasteiger partial charge in [0, 0.05) is 18.7 Å². The molecule has 0 heterocycles. The number of hydrogen-bond acceptors (Lipinski definition) is 1. The fourth-order valence-electron chi connectivity index (χ4n) is 1.16. The van der Waals surface area contributed by atoms with Gasteiger partial charge < -0.3 is 10.6 Å². The maximum Gasteiger partial charge on any atom is 0.319 e. The Morgan fingerprint density at radius 2 is 1.82 bits per heavy atom. The lowest BCUT2D eigenvalue weighted by Gasteiger charge is -2.08. The van der Waals surface area contributed by atoms with Gasteiger partial charge in [0.2, 0.25) is 0 Å². The summed E-state index contributed by atoms with van der Waals surface area (Å²) in [5, 5.41) is 4.57. The number of hydrogen-bond donors (Lipinski definition) is 2. The molecule has 17 heavy (non-hydrogen) atoms. The topological polar surface area (TPSA) is 41.1 Å². The van der Waals surface area contributed by atoms with Crippen LogP contribution in [0.2, 0.25) is 0 Å². The first-order valence-electron chi connectivity index (χ1n) is 5.24. The van der Waals surface area contributed by atoms with Crippen molar-refractivity contribution in [3.63, 3.8) is 0 Å². The maximum absolute atomic E-state index is 13.1. The van der Waals surface area contributed by atoms with Crippen molar-refractivity contribution in [3.05, 3.63) is 29.6 Å². The quantitative estimate of drug-likeness (QED) is 0.622. The summed E-state index contributed by atoms with van der Waals surface area (Å²) in [7, 11) is 0. The van der Waals surface area contributed by atoms with Crippen LogP contribution in [-0.2, 0) is 0 Å². The lowest BCUT2D eigenvalue weighted by Crippen LogP contribution is -2.29. The van der Waals surface area contributed by atoms with Gasteiger partial charge in [-0.1, -0.05) is 13.3 Å². The molecule has 2 amide bonds. The molecule has 0 aromatic heterocycles. The number of carbonyl (C=O) groups excluding carboxylic acids is 1. The number of halogens is 3. The molecule has 1 rings (SSSR count). The van der Waals surface area contributed by atoms with Crippen LogP contribution >= 0.6 is 0 Å². The highest BCUT2D eigenvalue weighted by atomic mass is 19.2. The van der Waals surface area contributed by atoms with E-state index in [1.54, 1.807) is 0 Å². The average Bonchev–Trinajstić information content (AvgIpc) is 2.26. The Morgan fingerprint density at radius 3 is 2.47 bits per heavy atom. The Morgan fingerprint density at radius 1 is 1.18 bits per heavy atom. The molecular formula is C11H13F3N2O. The molecule has 94 valence electrons. The van der Waals surface area contributed by atoms with Crippen molar-refractivity contribution in [1.29, 1.82) is 0 Å². The number of carbonyl (C=O) groups is 1. The second kappa shape index (κ2) is 6.12. The van der Waals surface area contributed by atoms with Crippen LogP contribution in [-0.4, -0.2) is 12.6 Å². The van der Waals surface area contributed by atoms with Gasteiger partial charge in [-0.2, -0.15) is 0 Å². The predicted octanol–water partition coefficient (Wildman–Crippen LogP) is 3.03. The Bertz CT molecular complexity index is 410. The second-order valence-corrected chi connectivity index (χ2v) is 3.48. The zero-order chi connectivity index (χ0) is 12.8. The van der Waals surface area contributed by atoms with Gasteiger partial charge in [-0.15, -0.1) is 0 Å². The normalized spacial score (nSPS) is 10.1. The van der Waals surface area contributed by atoms with Gasteiger partial charge >= 0.3 is 6.03 Å². The van der Waals surface area contributed by atoms with E-state index in [1.807, 2.05) is 6.92 Å². The number of unbranched alkanes of at least 4 members (excludes halogenated alkanes) is 1. The summed E-state index contributed by atoms with van der Waals surface area (Å²) < 4.78 is 38.5. The molecule has 1 aromatic rings. The highest BCUT2D eigenvalue weighted by Gasteiger charge is 2.11. The molecule has 0 bridgehead atoms. The molecular weight excluding hydrogens is 233 g/mol. The van der Waals surface area contributed by atoms with Crippen LogP contribution in [0.3, 0.4) is 0 Å². The number of urea groups is 1. The van der Waals surface area contributed by atoms with E-state index in [9.17, 15) is 18.0 Å². The Hall–Kier alpha value is -1.72.